The summed E-state index contributed by atoms with van der Waals surface area (Å²) >= 11 is 0. The minimum Gasteiger partial charge on any atom is -0.387 e. The molecule has 1 rings (SSSR count). The van der Waals surface area contributed by atoms with Crippen LogP contribution >= 0.6 is 0 Å². The number of halogens is 2. The molecule has 1 N–H and O–H groups in total. The van der Waals surface area contributed by atoms with E-state index in [1.54, 1.807) is 6.07 Å². The Morgan fingerprint density at radius 1 is 1.38 bits per heavy atom. The van der Waals surface area contributed by atoms with Gasteiger partial charge in [-0.2, -0.15) is 5.26 Å². The zero-order valence-electron chi connectivity index (χ0n) is 6.67. The van der Waals surface area contributed by atoms with Gasteiger partial charge < -0.3 is 5.11 Å². The van der Waals surface area contributed by atoms with E-state index >= 15 is 0 Å². The summed E-state index contributed by atoms with van der Waals surface area (Å²) in [5.41, 5.74) is -0.441. The van der Waals surface area contributed by atoms with E-state index in [4.69, 9.17) is 5.26 Å². The molecule has 0 fully saturated rings. The van der Waals surface area contributed by atoms with Gasteiger partial charge in [-0.1, -0.05) is 6.07 Å². The first-order chi connectivity index (χ1) is 6.16. The summed E-state index contributed by atoms with van der Waals surface area (Å²) in [6.07, 6.45) is -1.72. The smallest absolute Gasteiger partial charge is 0.131 e. The molecule has 0 aromatic heterocycles. The Kier molecular flexibility index (Phi) is 2.93. The van der Waals surface area contributed by atoms with Gasteiger partial charge in [0.05, 0.1) is 24.2 Å². The van der Waals surface area contributed by atoms with Crippen LogP contribution in [0.2, 0.25) is 0 Å². The van der Waals surface area contributed by atoms with Crippen molar-refractivity contribution in [2.24, 2.45) is 0 Å². The van der Waals surface area contributed by atoms with Crippen LogP contribution in [0.3, 0.4) is 0 Å². The molecule has 0 aliphatic carbocycles. The minimum atomic E-state index is -1.40. The summed E-state index contributed by atoms with van der Waals surface area (Å²) in [5, 5.41) is 17.4. The Bertz CT molecular complexity index is 326. The highest BCUT2D eigenvalue weighted by atomic mass is 19.1. The first-order valence-corrected chi connectivity index (χ1v) is 3.65. The van der Waals surface area contributed by atoms with Crippen molar-refractivity contribution in [3.05, 3.63) is 35.4 Å². The highest BCUT2D eigenvalue weighted by molar-refractivity contribution is 5.22. The maximum absolute atomic E-state index is 12.9. The third kappa shape index (κ3) is 2.01. The van der Waals surface area contributed by atoms with Crippen LogP contribution in [0.4, 0.5) is 8.78 Å². The molecule has 1 atom stereocenters. The third-order valence-corrected chi connectivity index (χ3v) is 1.62. The molecular weight excluding hydrogens is 176 g/mol. The Balaban J connectivity index is 3.06. The Labute approximate surface area is 74.0 Å². The predicted molar refractivity (Wildman–Crippen MR) is 41.5 cm³/mol. The Morgan fingerprint density at radius 2 is 1.92 bits per heavy atom. The summed E-state index contributed by atoms with van der Waals surface area (Å²) in [4.78, 5) is 0. The number of nitrogens with zero attached hydrogens (tertiary/aromatic N) is 1. The van der Waals surface area contributed by atoms with Gasteiger partial charge in [-0.3, -0.25) is 0 Å². The third-order valence-electron chi connectivity index (χ3n) is 1.62. The predicted octanol–water partition coefficient (Wildman–Crippen LogP) is 1.91. The minimum absolute atomic E-state index is 0.322. The van der Waals surface area contributed by atoms with Crippen molar-refractivity contribution in [3.8, 4) is 6.07 Å². The highest BCUT2D eigenvalue weighted by Gasteiger charge is 2.16. The molecule has 68 valence electrons. The molecule has 0 unspecified atom stereocenters. The summed E-state index contributed by atoms with van der Waals surface area (Å²) in [7, 11) is 0. The van der Waals surface area contributed by atoms with Crippen molar-refractivity contribution in [2.75, 3.05) is 0 Å². The molecule has 0 amide bonds. The lowest BCUT2D eigenvalue weighted by Crippen LogP contribution is -2.02. The molecule has 0 aliphatic heterocycles. The average molecular weight is 183 g/mol. The summed E-state index contributed by atoms with van der Waals surface area (Å²) < 4.78 is 25.8. The molecule has 0 radical (unpaired) electrons. The van der Waals surface area contributed by atoms with Crippen LogP contribution in [0.25, 0.3) is 0 Å². The molecular formula is C9H7F2NO. The highest BCUT2D eigenvalue weighted by Crippen LogP contribution is 2.22. The molecule has 0 spiro atoms. The monoisotopic (exact) mass is 183 g/mol. The molecule has 0 heterocycles. The molecule has 0 bridgehead atoms. The van der Waals surface area contributed by atoms with Crippen LogP contribution in [-0.2, 0) is 0 Å². The second kappa shape index (κ2) is 3.97. The van der Waals surface area contributed by atoms with Gasteiger partial charge >= 0.3 is 0 Å². The van der Waals surface area contributed by atoms with Crippen LogP contribution in [0, 0.1) is 23.0 Å². The van der Waals surface area contributed by atoms with E-state index in [1.807, 2.05) is 0 Å². The molecule has 0 saturated carbocycles. The fourth-order valence-electron chi connectivity index (χ4n) is 1.02. The van der Waals surface area contributed by atoms with Crippen molar-refractivity contribution in [1.29, 1.82) is 5.26 Å². The number of nitriles is 1. The second-order valence-corrected chi connectivity index (χ2v) is 2.51. The van der Waals surface area contributed by atoms with E-state index in [0.29, 0.717) is 0 Å². The summed E-state index contributed by atoms with van der Waals surface area (Å²) in [6, 6.07) is 4.92. The number of hydrogen-bond donors (Lipinski definition) is 1. The van der Waals surface area contributed by atoms with Gasteiger partial charge in [-0.15, -0.1) is 0 Å². The van der Waals surface area contributed by atoms with E-state index in [9.17, 15) is 13.9 Å². The lowest BCUT2D eigenvalue weighted by Gasteiger charge is -2.08. The van der Waals surface area contributed by atoms with Gasteiger partial charge in [0.2, 0.25) is 0 Å². The SMILES string of the molecule is N#CC[C@H](O)c1c(F)cccc1F. The Morgan fingerprint density at radius 3 is 2.38 bits per heavy atom. The second-order valence-electron chi connectivity index (χ2n) is 2.51. The van der Waals surface area contributed by atoms with E-state index in [1.165, 1.54) is 6.07 Å². The van der Waals surface area contributed by atoms with E-state index in [2.05, 4.69) is 0 Å². The van der Waals surface area contributed by atoms with Crippen LogP contribution in [-0.4, -0.2) is 5.11 Å². The van der Waals surface area contributed by atoms with Crippen LogP contribution in [0.15, 0.2) is 18.2 Å². The lowest BCUT2D eigenvalue weighted by atomic mass is 10.1. The van der Waals surface area contributed by atoms with E-state index < -0.39 is 23.3 Å². The van der Waals surface area contributed by atoms with Crippen LogP contribution in [0.1, 0.15) is 18.1 Å². The zero-order chi connectivity index (χ0) is 9.84. The fourth-order valence-corrected chi connectivity index (χ4v) is 1.02. The number of hydrogen-bond acceptors (Lipinski definition) is 2. The number of aliphatic hydroxyl groups is 1. The Hall–Kier alpha value is -1.47. The standard InChI is InChI=1S/C9H7F2NO/c10-6-2-1-3-7(11)9(6)8(13)4-5-12/h1-3,8,13H,4H2/t8-/m0/s1. The molecule has 0 aliphatic rings. The molecule has 13 heavy (non-hydrogen) atoms. The van der Waals surface area contributed by atoms with E-state index in [-0.39, 0.29) is 6.42 Å². The van der Waals surface area contributed by atoms with Gasteiger partial charge in [0.25, 0.3) is 0 Å². The average Bonchev–Trinajstić information content (AvgIpc) is 2.04. The quantitative estimate of drug-likeness (QED) is 0.761. The van der Waals surface area contributed by atoms with Crippen molar-refractivity contribution >= 4 is 0 Å². The molecule has 0 saturated heterocycles. The van der Waals surface area contributed by atoms with Gasteiger partial charge in [0, 0.05) is 0 Å². The van der Waals surface area contributed by atoms with Gasteiger partial charge in [0.1, 0.15) is 11.6 Å². The number of aliphatic hydroxyl groups excluding tert-OH is 1. The molecule has 1 aromatic rings. The topological polar surface area (TPSA) is 44.0 Å². The van der Waals surface area contributed by atoms with Crippen LogP contribution < -0.4 is 0 Å². The molecule has 4 heteroatoms. The zero-order valence-corrected chi connectivity index (χ0v) is 6.67. The molecule has 1 aromatic carbocycles. The van der Waals surface area contributed by atoms with Gasteiger partial charge in [-0.25, -0.2) is 8.78 Å². The molecule has 2 nitrogen and oxygen atoms in total. The maximum Gasteiger partial charge on any atom is 0.131 e. The van der Waals surface area contributed by atoms with Crippen molar-refractivity contribution in [2.45, 2.75) is 12.5 Å². The lowest BCUT2D eigenvalue weighted by molar-refractivity contribution is 0.173. The largest absolute Gasteiger partial charge is 0.387 e. The van der Waals surface area contributed by atoms with Crippen molar-refractivity contribution in [3.63, 3.8) is 0 Å². The maximum atomic E-state index is 12.9. The van der Waals surface area contributed by atoms with Crippen LogP contribution in [0.5, 0.6) is 0 Å². The van der Waals surface area contributed by atoms with Crippen molar-refractivity contribution < 1.29 is 13.9 Å². The first kappa shape index (κ1) is 9.62. The first-order valence-electron chi connectivity index (χ1n) is 3.65. The van der Waals surface area contributed by atoms with E-state index in [0.717, 1.165) is 12.1 Å². The van der Waals surface area contributed by atoms with Crippen molar-refractivity contribution in [1.82, 2.24) is 0 Å². The summed E-state index contributed by atoms with van der Waals surface area (Å²) in [5.74, 6) is -1.66. The van der Waals surface area contributed by atoms with Gasteiger partial charge in [-0.05, 0) is 12.1 Å². The summed E-state index contributed by atoms with van der Waals surface area (Å²) in [6.45, 7) is 0. The number of benzene rings is 1. The van der Waals surface area contributed by atoms with Gasteiger partial charge in [0.15, 0.2) is 0 Å². The normalized spacial score (nSPS) is 12.2. The fraction of sp³-hybridized carbons (Fsp3) is 0.222. The number of rotatable bonds is 2.